The highest BCUT2D eigenvalue weighted by Gasteiger charge is 2.78. The van der Waals surface area contributed by atoms with Gasteiger partial charge in [0.05, 0.1) is 17.3 Å². The number of carboxylic acid groups (broad SMARTS) is 1. The first-order valence-electron chi connectivity index (χ1n) is 18.1. The molecule has 0 aromatic heterocycles. The Kier molecular flexibility index (Phi) is 7.54. The zero-order valence-corrected chi connectivity index (χ0v) is 30.0. The second-order valence-corrected chi connectivity index (χ2v) is 19.0. The maximum absolute atomic E-state index is 13.6. The number of hydrogen-bond donors (Lipinski definition) is 3. The Balaban J connectivity index is 1.30. The maximum atomic E-state index is 13.6. The van der Waals surface area contributed by atoms with Crippen LogP contribution < -0.4 is 11.5 Å². The molecule has 6 saturated carbocycles. The van der Waals surface area contributed by atoms with Crippen molar-refractivity contribution in [2.75, 3.05) is 0 Å². The quantitative estimate of drug-likeness (QED) is 0.167. The SMILES string of the molecule is C=C(C)C1CC[C@]2(C(=O)O)CC[C@@]3(C)C4(C)CC[C@@]5(N)C(C)(C)[C@@H](OC(=O)[C@H]6C[C@@H](C(=O)N=O)C6(C)C)CC[C@]5(C)[C@H]4CC[C@]3(N)[C@@H]12. The number of nitrogens with two attached hydrogens (primary N) is 2. The lowest BCUT2D eigenvalue weighted by atomic mass is 9.29. The fourth-order valence-electron chi connectivity index (χ4n) is 13.8. The summed E-state index contributed by atoms with van der Waals surface area (Å²) in [6.45, 7) is 21.6. The molecule has 1 amide bonds. The Hall–Kier alpha value is -2.13. The van der Waals surface area contributed by atoms with Crippen molar-refractivity contribution in [2.24, 2.45) is 78.7 Å². The minimum Gasteiger partial charge on any atom is -0.481 e. The van der Waals surface area contributed by atoms with Gasteiger partial charge in [0.25, 0.3) is 5.91 Å². The first-order chi connectivity index (χ1) is 21.6. The third kappa shape index (κ3) is 3.93. The van der Waals surface area contributed by atoms with E-state index >= 15 is 0 Å². The second-order valence-electron chi connectivity index (χ2n) is 19.0. The average molecular weight is 654 g/mol. The van der Waals surface area contributed by atoms with Crippen LogP contribution in [0.5, 0.6) is 0 Å². The van der Waals surface area contributed by atoms with Gasteiger partial charge in [0.1, 0.15) is 6.10 Å². The van der Waals surface area contributed by atoms with Crippen LogP contribution in [0.25, 0.3) is 0 Å². The van der Waals surface area contributed by atoms with Crippen molar-refractivity contribution in [3.63, 3.8) is 0 Å². The Morgan fingerprint density at radius 3 is 2.06 bits per heavy atom. The lowest BCUT2D eigenvalue weighted by Crippen LogP contribution is -2.81. The number of esters is 1. The highest BCUT2D eigenvalue weighted by Crippen LogP contribution is 2.78. The van der Waals surface area contributed by atoms with E-state index in [0.29, 0.717) is 19.3 Å². The second kappa shape index (κ2) is 10.2. The summed E-state index contributed by atoms with van der Waals surface area (Å²) in [4.78, 5) is 49.6. The molecule has 5 N–H and O–H groups in total. The molecule has 0 spiro atoms. The third-order valence-electron chi connectivity index (χ3n) is 17.4. The molecule has 0 aliphatic heterocycles. The number of fused-ring (bicyclic) bond motifs is 7. The summed E-state index contributed by atoms with van der Waals surface area (Å²) in [6.07, 6.45) is 7.67. The fourth-order valence-corrected chi connectivity index (χ4v) is 13.8. The molecule has 0 heterocycles. The number of nitroso groups, excluding NO2 is 1. The summed E-state index contributed by atoms with van der Waals surface area (Å²) in [7, 11) is 0. The highest BCUT2D eigenvalue weighted by molar-refractivity contribution is 5.85. The highest BCUT2D eigenvalue weighted by atomic mass is 16.5. The molecule has 6 aliphatic rings. The van der Waals surface area contributed by atoms with Crippen LogP contribution in [-0.2, 0) is 19.1 Å². The first kappa shape index (κ1) is 34.7. The van der Waals surface area contributed by atoms with E-state index in [9.17, 15) is 24.4 Å². The number of carbonyl (C=O) groups is 3. The molecule has 9 nitrogen and oxygen atoms in total. The number of aliphatic carboxylic acids is 1. The first-order valence-corrected chi connectivity index (χ1v) is 18.1. The van der Waals surface area contributed by atoms with Crippen LogP contribution in [-0.4, -0.2) is 40.1 Å². The topological polar surface area (TPSA) is 162 Å². The van der Waals surface area contributed by atoms with Crippen molar-refractivity contribution in [1.29, 1.82) is 0 Å². The van der Waals surface area contributed by atoms with E-state index in [4.69, 9.17) is 16.2 Å². The van der Waals surface area contributed by atoms with Gasteiger partial charge in [-0.05, 0) is 117 Å². The molecule has 0 bridgehead atoms. The van der Waals surface area contributed by atoms with Gasteiger partial charge < -0.3 is 21.3 Å². The van der Waals surface area contributed by atoms with E-state index < -0.39 is 51.0 Å². The maximum Gasteiger partial charge on any atom is 0.310 e. The summed E-state index contributed by atoms with van der Waals surface area (Å²) >= 11 is 0. The number of hydrogen-bond acceptors (Lipinski definition) is 7. The van der Waals surface area contributed by atoms with Crippen molar-refractivity contribution in [1.82, 2.24) is 0 Å². The normalized spacial score (nSPS) is 50.8. The van der Waals surface area contributed by atoms with Crippen molar-refractivity contribution < 1.29 is 24.2 Å². The molecule has 6 fully saturated rings. The van der Waals surface area contributed by atoms with Gasteiger partial charge in [-0.3, -0.25) is 14.4 Å². The van der Waals surface area contributed by atoms with E-state index in [0.717, 1.165) is 50.5 Å². The van der Waals surface area contributed by atoms with E-state index in [2.05, 4.69) is 53.3 Å². The smallest absolute Gasteiger partial charge is 0.310 e. The fraction of sp³-hybridized carbons (Fsp3) is 0.868. The van der Waals surface area contributed by atoms with Gasteiger partial charge in [0.2, 0.25) is 0 Å². The van der Waals surface area contributed by atoms with Gasteiger partial charge in [-0.1, -0.05) is 60.6 Å². The standard InChI is InChI=1S/C38H59N3O6/c1-21(2)22-10-14-36(30(44)45)18-17-35(9)33(7)16-19-38(40)32(5,6)26(47-29(43)24-20-23(28(42)41-46)31(24,3)4)12-13-34(38,8)25(33)11-15-37(35,39)27(22)36/h22-27H,1,10-20,39-40H2,2-9H3,(H,44,45)/t22?,23-,24+,25-,26-,27-,33?,34+,35-,36-,37-,38+/m0/s1. The van der Waals surface area contributed by atoms with E-state index in [-0.39, 0.29) is 52.5 Å². The van der Waals surface area contributed by atoms with Gasteiger partial charge in [-0.15, -0.1) is 4.91 Å². The molecule has 6 aliphatic carbocycles. The Bertz CT molecular complexity index is 1430. The van der Waals surface area contributed by atoms with Crippen LogP contribution in [0.2, 0.25) is 0 Å². The number of carboxylic acids is 1. The lowest BCUT2D eigenvalue weighted by Gasteiger charge is -2.77. The molecule has 47 heavy (non-hydrogen) atoms. The summed E-state index contributed by atoms with van der Waals surface area (Å²) in [5.74, 6) is -2.49. The number of allylic oxidation sites excluding steroid dienone is 1. The van der Waals surface area contributed by atoms with Crippen LogP contribution in [0.4, 0.5) is 0 Å². The van der Waals surface area contributed by atoms with Crippen LogP contribution >= 0.6 is 0 Å². The van der Waals surface area contributed by atoms with Crippen LogP contribution in [0, 0.1) is 67.0 Å². The van der Waals surface area contributed by atoms with Crippen molar-refractivity contribution in [3.05, 3.63) is 17.1 Å². The van der Waals surface area contributed by atoms with Crippen LogP contribution in [0.1, 0.15) is 126 Å². The summed E-state index contributed by atoms with van der Waals surface area (Å²) < 4.78 is 6.34. The number of nitrogens with zero attached hydrogens (tertiary/aromatic N) is 1. The molecular weight excluding hydrogens is 594 g/mol. The molecule has 0 aromatic carbocycles. The van der Waals surface area contributed by atoms with E-state index in [1.54, 1.807) is 0 Å². The third-order valence-corrected chi connectivity index (χ3v) is 17.4. The molecule has 0 radical (unpaired) electrons. The predicted octanol–water partition coefficient (Wildman–Crippen LogP) is 6.76. The zero-order chi connectivity index (χ0) is 35.0. The van der Waals surface area contributed by atoms with Crippen LogP contribution in [0.15, 0.2) is 17.3 Å². The molecule has 0 aromatic rings. The van der Waals surface area contributed by atoms with E-state index in [1.165, 1.54) is 0 Å². The molecule has 0 saturated heterocycles. The minimum absolute atomic E-state index is 0.108. The Morgan fingerprint density at radius 1 is 0.830 bits per heavy atom. The molecule has 9 heteroatoms. The predicted molar refractivity (Wildman–Crippen MR) is 180 cm³/mol. The monoisotopic (exact) mass is 653 g/mol. The average Bonchev–Trinajstić information content (AvgIpc) is 3.40. The summed E-state index contributed by atoms with van der Waals surface area (Å²) in [5, 5.41) is 13.3. The summed E-state index contributed by atoms with van der Waals surface area (Å²) in [6, 6.07) is 0. The van der Waals surface area contributed by atoms with Crippen molar-refractivity contribution >= 4 is 17.8 Å². The van der Waals surface area contributed by atoms with Gasteiger partial charge in [-0.2, -0.15) is 0 Å². The Labute approximate surface area is 280 Å². The van der Waals surface area contributed by atoms with Crippen LogP contribution in [0.3, 0.4) is 0 Å². The van der Waals surface area contributed by atoms with Gasteiger partial charge in [0.15, 0.2) is 0 Å². The molecule has 12 atom stereocenters. The number of amides is 1. The van der Waals surface area contributed by atoms with Crippen molar-refractivity contribution in [2.45, 2.75) is 143 Å². The largest absolute Gasteiger partial charge is 0.481 e. The summed E-state index contributed by atoms with van der Waals surface area (Å²) in [5.41, 5.74) is 12.6. The number of ether oxygens (including phenoxy) is 1. The van der Waals surface area contributed by atoms with Crippen molar-refractivity contribution in [3.8, 4) is 0 Å². The van der Waals surface area contributed by atoms with E-state index in [1.807, 2.05) is 13.8 Å². The van der Waals surface area contributed by atoms with Gasteiger partial charge >= 0.3 is 11.9 Å². The number of carbonyl (C=O) groups excluding carboxylic acids is 2. The Morgan fingerprint density at radius 2 is 1.49 bits per heavy atom. The number of rotatable bonds is 5. The van der Waals surface area contributed by atoms with Gasteiger partial charge in [0, 0.05) is 21.7 Å². The van der Waals surface area contributed by atoms with Gasteiger partial charge in [-0.25, -0.2) is 0 Å². The molecule has 6 rings (SSSR count). The molecule has 262 valence electrons. The minimum atomic E-state index is -0.798. The molecule has 2 unspecified atom stereocenters. The lowest BCUT2D eigenvalue weighted by molar-refractivity contribution is -0.264. The zero-order valence-electron chi connectivity index (χ0n) is 30.0. The molecular formula is C38H59N3O6.